The first-order valence-electron chi connectivity index (χ1n) is 7.26. The van der Waals surface area contributed by atoms with E-state index in [-0.39, 0.29) is 17.8 Å². The zero-order valence-corrected chi connectivity index (χ0v) is 13.9. The number of thiazole rings is 1. The fraction of sp³-hybridized carbons (Fsp3) is 0.375. The number of halogens is 1. The molecular weight excluding hydrogens is 319 g/mol. The molecule has 0 radical (unpaired) electrons. The molecule has 0 bridgehead atoms. The van der Waals surface area contributed by atoms with E-state index in [1.54, 1.807) is 23.1 Å². The van der Waals surface area contributed by atoms with E-state index in [0.29, 0.717) is 22.5 Å². The lowest BCUT2D eigenvalue weighted by Gasteiger charge is -2.22. The molecule has 1 aliphatic carbocycles. The van der Waals surface area contributed by atoms with E-state index in [1.165, 1.54) is 17.4 Å². The summed E-state index contributed by atoms with van der Waals surface area (Å²) in [4.78, 5) is 18.5. The molecule has 1 aromatic heterocycles. The Bertz CT molecular complexity index is 749. The Labute approximate surface area is 137 Å². The van der Waals surface area contributed by atoms with Crippen molar-refractivity contribution >= 4 is 29.5 Å². The van der Waals surface area contributed by atoms with Gasteiger partial charge in [0, 0.05) is 28.7 Å². The average molecular weight is 336 g/mol. The van der Waals surface area contributed by atoms with E-state index in [4.69, 9.17) is 12.2 Å². The van der Waals surface area contributed by atoms with Gasteiger partial charge in [-0.25, -0.2) is 4.39 Å². The Morgan fingerprint density at radius 2 is 2.18 bits per heavy atom. The van der Waals surface area contributed by atoms with Crippen LogP contribution >= 0.6 is 23.6 Å². The number of carbonyl (C=O) groups excluding carboxylic acids is 1. The molecule has 0 saturated heterocycles. The van der Waals surface area contributed by atoms with Crippen molar-refractivity contribution in [2.45, 2.75) is 38.8 Å². The second-order valence-corrected chi connectivity index (χ2v) is 7.36. The fourth-order valence-electron chi connectivity index (χ4n) is 2.46. The van der Waals surface area contributed by atoms with Crippen molar-refractivity contribution in [3.05, 3.63) is 50.2 Å². The Hall–Kier alpha value is -1.53. The van der Waals surface area contributed by atoms with Crippen LogP contribution in [0.15, 0.2) is 24.3 Å². The predicted molar refractivity (Wildman–Crippen MR) is 87.9 cm³/mol. The van der Waals surface area contributed by atoms with Crippen LogP contribution in [0.25, 0.3) is 0 Å². The molecular formula is C16H17FN2OS2. The minimum Gasteiger partial charge on any atom is -0.341 e. The molecule has 0 aliphatic heterocycles. The Balaban J connectivity index is 1.76. The van der Waals surface area contributed by atoms with E-state index in [9.17, 15) is 9.18 Å². The standard InChI is InChI=1S/C16H17FN2OS2/c1-10-14(22-16(21)18-10)8-15(20)19(12-6-7-12)9-11-4-2-3-5-13(11)17/h2-5,12H,6-9H2,1H3,(H,18,21). The normalized spacial score (nSPS) is 14.1. The molecule has 1 fully saturated rings. The van der Waals surface area contributed by atoms with Crippen LogP contribution in [0.1, 0.15) is 29.0 Å². The average Bonchev–Trinajstić information content (AvgIpc) is 3.25. The summed E-state index contributed by atoms with van der Waals surface area (Å²) in [7, 11) is 0. The third kappa shape index (κ3) is 3.44. The lowest BCUT2D eigenvalue weighted by atomic mass is 10.2. The number of hydrogen-bond donors (Lipinski definition) is 1. The van der Waals surface area contributed by atoms with Gasteiger partial charge in [0.2, 0.25) is 5.91 Å². The van der Waals surface area contributed by atoms with Gasteiger partial charge in [-0.2, -0.15) is 0 Å². The molecule has 2 aromatic rings. The van der Waals surface area contributed by atoms with E-state index >= 15 is 0 Å². The molecule has 6 heteroatoms. The van der Waals surface area contributed by atoms with Crippen LogP contribution in [-0.4, -0.2) is 21.8 Å². The van der Waals surface area contributed by atoms with Crippen molar-refractivity contribution < 1.29 is 9.18 Å². The van der Waals surface area contributed by atoms with Gasteiger partial charge in [0.15, 0.2) is 3.95 Å². The van der Waals surface area contributed by atoms with Crippen molar-refractivity contribution in [1.82, 2.24) is 9.88 Å². The first-order chi connectivity index (χ1) is 10.5. The summed E-state index contributed by atoms with van der Waals surface area (Å²) >= 11 is 6.55. The number of hydrogen-bond acceptors (Lipinski definition) is 3. The summed E-state index contributed by atoms with van der Waals surface area (Å²) in [6.45, 7) is 2.26. The number of rotatable bonds is 5. The third-order valence-corrected chi connectivity index (χ3v) is 5.18. The molecule has 22 heavy (non-hydrogen) atoms. The molecule has 3 rings (SSSR count). The van der Waals surface area contributed by atoms with Crippen molar-refractivity contribution in [2.24, 2.45) is 0 Å². The molecule has 1 aliphatic rings. The van der Waals surface area contributed by atoms with Crippen molar-refractivity contribution in [3.63, 3.8) is 0 Å². The van der Waals surface area contributed by atoms with E-state index in [0.717, 1.165) is 23.4 Å². The molecule has 1 heterocycles. The lowest BCUT2D eigenvalue weighted by molar-refractivity contribution is -0.131. The maximum absolute atomic E-state index is 13.8. The van der Waals surface area contributed by atoms with Crippen molar-refractivity contribution in [3.8, 4) is 0 Å². The molecule has 3 nitrogen and oxygen atoms in total. The zero-order valence-electron chi connectivity index (χ0n) is 12.3. The van der Waals surface area contributed by atoms with Crippen LogP contribution in [0.5, 0.6) is 0 Å². The quantitative estimate of drug-likeness (QED) is 0.838. The zero-order chi connectivity index (χ0) is 15.7. The van der Waals surface area contributed by atoms with Gasteiger partial charge in [-0.3, -0.25) is 4.79 Å². The van der Waals surface area contributed by atoms with Crippen molar-refractivity contribution in [2.75, 3.05) is 0 Å². The largest absolute Gasteiger partial charge is 0.341 e. The minimum atomic E-state index is -0.255. The Morgan fingerprint density at radius 1 is 1.45 bits per heavy atom. The van der Waals surface area contributed by atoms with Gasteiger partial charge < -0.3 is 9.88 Å². The van der Waals surface area contributed by atoms with Crippen LogP contribution in [0.3, 0.4) is 0 Å². The summed E-state index contributed by atoms with van der Waals surface area (Å²) in [6.07, 6.45) is 2.33. The van der Waals surface area contributed by atoms with Crippen LogP contribution < -0.4 is 0 Å². The monoisotopic (exact) mass is 336 g/mol. The molecule has 1 N–H and O–H groups in total. The summed E-state index contributed by atoms with van der Waals surface area (Å²) in [5.74, 6) is -0.214. The number of benzene rings is 1. The van der Waals surface area contributed by atoms with Crippen LogP contribution in [-0.2, 0) is 17.8 Å². The van der Waals surface area contributed by atoms with Gasteiger partial charge in [0.25, 0.3) is 0 Å². The lowest BCUT2D eigenvalue weighted by Crippen LogP contribution is -2.34. The highest BCUT2D eigenvalue weighted by Gasteiger charge is 2.33. The Kier molecular flexibility index (Phi) is 4.40. The van der Waals surface area contributed by atoms with Crippen LogP contribution in [0.4, 0.5) is 4.39 Å². The Morgan fingerprint density at radius 3 is 2.77 bits per heavy atom. The maximum Gasteiger partial charge on any atom is 0.228 e. The summed E-state index contributed by atoms with van der Waals surface area (Å²) in [5.41, 5.74) is 1.52. The summed E-state index contributed by atoms with van der Waals surface area (Å²) in [5, 5.41) is 0. The second-order valence-electron chi connectivity index (χ2n) is 5.58. The van der Waals surface area contributed by atoms with Crippen molar-refractivity contribution in [1.29, 1.82) is 0 Å². The number of aryl methyl sites for hydroxylation is 1. The third-order valence-electron chi connectivity index (χ3n) is 3.84. The highest BCUT2D eigenvalue weighted by atomic mass is 32.1. The first-order valence-corrected chi connectivity index (χ1v) is 8.48. The molecule has 0 spiro atoms. The molecule has 1 saturated carbocycles. The van der Waals surface area contributed by atoms with Gasteiger partial charge in [0.05, 0.1) is 6.42 Å². The number of carbonyl (C=O) groups is 1. The van der Waals surface area contributed by atoms with Gasteiger partial charge in [0.1, 0.15) is 5.82 Å². The molecule has 116 valence electrons. The molecule has 0 unspecified atom stereocenters. The highest BCUT2D eigenvalue weighted by molar-refractivity contribution is 7.73. The first kappa shape index (κ1) is 15.4. The SMILES string of the molecule is Cc1[nH]c(=S)sc1CC(=O)N(Cc1ccccc1F)C1CC1. The van der Waals surface area contributed by atoms with E-state index in [2.05, 4.69) is 4.98 Å². The van der Waals surface area contributed by atoms with E-state index in [1.807, 2.05) is 6.92 Å². The number of aromatic nitrogens is 1. The molecule has 1 amide bonds. The van der Waals surface area contributed by atoms with Crippen LogP contribution in [0.2, 0.25) is 0 Å². The topological polar surface area (TPSA) is 36.1 Å². The number of amides is 1. The minimum absolute atomic E-state index is 0.0408. The summed E-state index contributed by atoms with van der Waals surface area (Å²) in [6, 6.07) is 6.89. The number of nitrogens with zero attached hydrogens (tertiary/aromatic N) is 1. The maximum atomic E-state index is 13.8. The predicted octanol–water partition coefficient (Wildman–Crippen LogP) is 3.99. The number of aromatic amines is 1. The summed E-state index contributed by atoms with van der Waals surface area (Å²) < 4.78 is 14.5. The number of nitrogens with one attached hydrogen (secondary N) is 1. The number of H-pyrrole nitrogens is 1. The van der Waals surface area contributed by atoms with Crippen LogP contribution in [0, 0.1) is 16.7 Å². The van der Waals surface area contributed by atoms with Gasteiger partial charge in [-0.1, -0.05) is 18.2 Å². The van der Waals surface area contributed by atoms with Gasteiger partial charge in [-0.15, -0.1) is 11.3 Å². The smallest absolute Gasteiger partial charge is 0.228 e. The van der Waals surface area contributed by atoms with E-state index < -0.39 is 0 Å². The van der Waals surface area contributed by atoms with Gasteiger partial charge >= 0.3 is 0 Å². The molecule has 1 aromatic carbocycles. The molecule has 0 atom stereocenters. The second kappa shape index (κ2) is 6.30. The van der Waals surface area contributed by atoms with Gasteiger partial charge in [-0.05, 0) is 38.0 Å². The fourth-order valence-corrected chi connectivity index (χ4v) is 3.74. The highest BCUT2D eigenvalue weighted by Crippen LogP contribution is 2.30.